The third-order valence-electron chi connectivity index (χ3n) is 2.96. The van der Waals surface area contributed by atoms with Gasteiger partial charge >= 0.3 is 0 Å². The molecule has 16 heavy (non-hydrogen) atoms. The van der Waals surface area contributed by atoms with Crippen molar-refractivity contribution >= 4 is 10.0 Å². The highest BCUT2D eigenvalue weighted by Crippen LogP contribution is 2.23. The highest BCUT2D eigenvalue weighted by atomic mass is 32.2. The largest absolute Gasteiger partial charge is 0.284 e. The fourth-order valence-corrected chi connectivity index (χ4v) is 3.29. The summed E-state index contributed by atoms with van der Waals surface area (Å²) in [5, 5.41) is 0. The van der Waals surface area contributed by atoms with Gasteiger partial charge in [0.15, 0.2) is 0 Å². The van der Waals surface area contributed by atoms with Crippen molar-refractivity contribution in [3.05, 3.63) is 41.1 Å². The second-order valence-corrected chi connectivity index (χ2v) is 5.77. The van der Waals surface area contributed by atoms with Gasteiger partial charge in [0.2, 0.25) is 0 Å². The number of benzene rings is 1. The second kappa shape index (κ2) is 3.94. The molecule has 0 aliphatic carbocycles. The molecule has 0 spiro atoms. The van der Waals surface area contributed by atoms with E-state index in [0.717, 1.165) is 29.7 Å². The predicted molar refractivity (Wildman–Crippen MR) is 63.5 cm³/mol. The molecule has 1 aliphatic heterocycles. The smallest absolute Gasteiger partial charge is 0.261 e. The third kappa shape index (κ3) is 1.97. The van der Waals surface area contributed by atoms with Crippen molar-refractivity contribution in [2.75, 3.05) is 0 Å². The molecule has 1 N–H and O–H groups in total. The van der Waals surface area contributed by atoms with Gasteiger partial charge in [-0.05, 0) is 38.3 Å². The third-order valence-corrected chi connectivity index (χ3v) is 4.51. The van der Waals surface area contributed by atoms with Gasteiger partial charge in [-0.15, -0.1) is 0 Å². The van der Waals surface area contributed by atoms with Gasteiger partial charge in [-0.1, -0.05) is 23.8 Å². The average molecular weight is 237 g/mol. The maximum atomic E-state index is 12.1. The van der Waals surface area contributed by atoms with Crippen LogP contribution in [0.25, 0.3) is 0 Å². The molecule has 0 saturated heterocycles. The summed E-state index contributed by atoms with van der Waals surface area (Å²) < 4.78 is 26.7. The summed E-state index contributed by atoms with van der Waals surface area (Å²) in [6, 6.07) is 7.17. The Kier molecular flexibility index (Phi) is 2.76. The van der Waals surface area contributed by atoms with Crippen LogP contribution in [0.1, 0.15) is 25.8 Å². The van der Waals surface area contributed by atoms with Crippen LogP contribution < -0.4 is 4.72 Å². The number of hydrogen-bond donors (Lipinski definition) is 1. The number of sulfonamides is 1. The highest BCUT2D eigenvalue weighted by molar-refractivity contribution is 7.89. The van der Waals surface area contributed by atoms with Gasteiger partial charge in [-0.2, -0.15) is 0 Å². The van der Waals surface area contributed by atoms with E-state index in [1.807, 2.05) is 19.1 Å². The van der Waals surface area contributed by atoms with E-state index in [2.05, 4.69) is 4.72 Å². The first-order valence-electron chi connectivity index (χ1n) is 5.28. The van der Waals surface area contributed by atoms with E-state index < -0.39 is 10.0 Å². The minimum absolute atomic E-state index is 0.404. The number of rotatable bonds is 0. The number of nitrogens with one attached hydrogen (secondary N) is 1. The Hall–Kier alpha value is -1.29. The van der Waals surface area contributed by atoms with Crippen molar-refractivity contribution in [3.63, 3.8) is 0 Å². The highest BCUT2D eigenvalue weighted by Gasteiger charge is 2.20. The first-order chi connectivity index (χ1) is 7.50. The molecule has 0 radical (unpaired) electrons. The predicted octanol–water partition coefficient (Wildman–Crippen LogP) is 2.21. The van der Waals surface area contributed by atoms with Gasteiger partial charge in [0.05, 0.1) is 4.90 Å². The lowest BCUT2D eigenvalue weighted by atomic mass is 10.0. The van der Waals surface area contributed by atoms with E-state index in [4.69, 9.17) is 0 Å². The van der Waals surface area contributed by atoms with E-state index in [-0.39, 0.29) is 0 Å². The van der Waals surface area contributed by atoms with Crippen LogP contribution >= 0.6 is 0 Å². The molecule has 0 unspecified atom stereocenters. The van der Waals surface area contributed by atoms with Gasteiger partial charge in [0.25, 0.3) is 10.0 Å². The van der Waals surface area contributed by atoms with E-state index in [9.17, 15) is 8.42 Å². The first kappa shape index (κ1) is 11.2. The summed E-state index contributed by atoms with van der Waals surface area (Å²) in [6.45, 7) is 3.77. The minimum atomic E-state index is -3.39. The topological polar surface area (TPSA) is 46.2 Å². The average Bonchev–Trinajstić information content (AvgIpc) is 2.24. The molecule has 1 aliphatic rings. The lowest BCUT2D eigenvalue weighted by molar-refractivity contribution is 0.585. The van der Waals surface area contributed by atoms with E-state index in [1.165, 1.54) is 0 Å². The Balaban J connectivity index is 2.58. The molecule has 2 rings (SSSR count). The van der Waals surface area contributed by atoms with Crippen molar-refractivity contribution in [2.45, 2.75) is 31.6 Å². The lowest BCUT2D eigenvalue weighted by Gasteiger charge is -2.18. The molecule has 0 amide bonds. The molecule has 0 fully saturated rings. The number of fused-ring (bicyclic) bond motifs is 1. The molecule has 86 valence electrons. The number of allylic oxidation sites excluding steroid dienone is 2. The SMILES string of the molecule is C/C1=C(\C)NS(=O)(=O)c2ccccc2CC1. The van der Waals surface area contributed by atoms with Crippen LogP contribution in [0.2, 0.25) is 0 Å². The van der Waals surface area contributed by atoms with Crippen LogP contribution in [0.5, 0.6) is 0 Å². The summed E-state index contributed by atoms with van der Waals surface area (Å²) in [5.74, 6) is 0. The molecular weight excluding hydrogens is 222 g/mol. The molecule has 0 aromatic heterocycles. The Morgan fingerprint density at radius 2 is 1.81 bits per heavy atom. The normalized spacial score (nSPS) is 23.9. The van der Waals surface area contributed by atoms with Crippen LogP contribution in [0, 0.1) is 0 Å². The van der Waals surface area contributed by atoms with Gasteiger partial charge in [0, 0.05) is 5.70 Å². The molecule has 1 aromatic rings. The lowest BCUT2D eigenvalue weighted by Crippen LogP contribution is -2.25. The van der Waals surface area contributed by atoms with Gasteiger partial charge in [-0.25, -0.2) is 8.42 Å². The quantitative estimate of drug-likeness (QED) is 0.752. The maximum Gasteiger partial charge on any atom is 0.261 e. The van der Waals surface area contributed by atoms with E-state index in [1.54, 1.807) is 19.1 Å². The fraction of sp³-hybridized carbons (Fsp3) is 0.333. The zero-order chi connectivity index (χ0) is 11.8. The molecule has 0 saturated carbocycles. The zero-order valence-electron chi connectivity index (χ0n) is 9.45. The van der Waals surface area contributed by atoms with Crippen LogP contribution in [0.15, 0.2) is 40.4 Å². The molecule has 4 heteroatoms. The maximum absolute atomic E-state index is 12.1. The summed E-state index contributed by atoms with van der Waals surface area (Å²) in [4.78, 5) is 0.404. The van der Waals surface area contributed by atoms with Gasteiger partial charge in [-0.3, -0.25) is 4.72 Å². The molecule has 0 atom stereocenters. The Morgan fingerprint density at radius 3 is 2.56 bits per heavy atom. The molecule has 1 aromatic carbocycles. The van der Waals surface area contributed by atoms with Crippen LogP contribution in [-0.2, 0) is 16.4 Å². The van der Waals surface area contributed by atoms with Crippen molar-refractivity contribution in [1.82, 2.24) is 4.72 Å². The number of aryl methyl sites for hydroxylation is 1. The molecule has 3 nitrogen and oxygen atoms in total. The van der Waals surface area contributed by atoms with Crippen LogP contribution in [0.3, 0.4) is 0 Å². The molecular formula is C12H15NO2S. The van der Waals surface area contributed by atoms with Crippen molar-refractivity contribution in [3.8, 4) is 0 Å². The molecule has 0 bridgehead atoms. The summed E-state index contributed by atoms with van der Waals surface area (Å²) >= 11 is 0. The second-order valence-electron chi connectivity index (χ2n) is 4.12. The minimum Gasteiger partial charge on any atom is -0.284 e. The van der Waals surface area contributed by atoms with Crippen LogP contribution in [-0.4, -0.2) is 8.42 Å². The van der Waals surface area contributed by atoms with E-state index in [0.29, 0.717) is 4.90 Å². The first-order valence-corrected chi connectivity index (χ1v) is 6.76. The number of hydrogen-bond acceptors (Lipinski definition) is 2. The van der Waals surface area contributed by atoms with Crippen LogP contribution in [0.4, 0.5) is 0 Å². The summed E-state index contributed by atoms with van der Waals surface area (Å²) in [6.07, 6.45) is 1.67. The van der Waals surface area contributed by atoms with Crippen molar-refractivity contribution in [1.29, 1.82) is 0 Å². The van der Waals surface area contributed by atoms with Gasteiger partial charge in [0.1, 0.15) is 0 Å². The Bertz CT molecular complexity index is 544. The Morgan fingerprint density at radius 1 is 1.12 bits per heavy atom. The summed E-state index contributed by atoms with van der Waals surface area (Å²) in [7, 11) is -3.39. The van der Waals surface area contributed by atoms with Gasteiger partial charge < -0.3 is 0 Å². The summed E-state index contributed by atoms with van der Waals surface area (Å²) in [5.41, 5.74) is 2.73. The van der Waals surface area contributed by atoms with E-state index >= 15 is 0 Å². The Labute approximate surface area is 96.2 Å². The zero-order valence-corrected chi connectivity index (χ0v) is 10.3. The molecule has 1 heterocycles. The standard InChI is InChI=1S/C12H15NO2S/c1-9-7-8-11-5-3-4-6-12(11)16(14,15)13-10(9)2/h3-6,13H,7-8H2,1-2H3/b10-9-. The van der Waals surface area contributed by atoms with Crippen molar-refractivity contribution in [2.24, 2.45) is 0 Å². The van der Waals surface area contributed by atoms with Crippen molar-refractivity contribution < 1.29 is 8.42 Å². The monoisotopic (exact) mass is 237 g/mol. The fourth-order valence-electron chi connectivity index (χ4n) is 1.83.